The topological polar surface area (TPSA) is 165 Å². The van der Waals surface area contributed by atoms with Crippen molar-refractivity contribution in [3.8, 4) is 28.1 Å². The Kier molecular flexibility index (Phi) is 14.0. The van der Waals surface area contributed by atoms with Gasteiger partial charge in [-0.1, -0.05) is 39.8 Å². The van der Waals surface area contributed by atoms with Crippen molar-refractivity contribution in [2.75, 3.05) is 33.9 Å². The maximum absolute atomic E-state index is 14.6. The highest BCUT2D eigenvalue weighted by atomic mass is 19.3. The number of hydrogen-bond acceptors (Lipinski definition) is 10. The summed E-state index contributed by atoms with van der Waals surface area (Å²) in [7, 11) is 2.95. The molecule has 0 saturated carbocycles. The molecule has 0 spiro atoms. The zero-order valence-corrected chi connectivity index (χ0v) is 38.6. The molecule has 3 amide bonds. The van der Waals surface area contributed by atoms with Crippen molar-refractivity contribution in [1.29, 1.82) is 0 Å². The van der Waals surface area contributed by atoms with Crippen molar-refractivity contribution in [2.24, 2.45) is 11.3 Å². The van der Waals surface area contributed by atoms with Crippen LogP contribution in [0.5, 0.6) is 5.75 Å². The zero-order valence-electron chi connectivity index (χ0n) is 38.6. The van der Waals surface area contributed by atoms with Gasteiger partial charge in [-0.25, -0.2) is 14.2 Å². The molecule has 2 unspecified atom stereocenters. The van der Waals surface area contributed by atoms with Gasteiger partial charge >= 0.3 is 5.97 Å². The molecule has 65 heavy (non-hydrogen) atoms. The Morgan fingerprint density at radius 2 is 1.86 bits per heavy atom. The second-order valence-corrected chi connectivity index (χ2v) is 18.8. The number of methoxy groups -OCH3 is 1. The van der Waals surface area contributed by atoms with Crippen LogP contribution in [0.2, 0.25) is 0 Å². The number of fused-ring (bicyclic) bond motifs is 6. The molecule has 4 aromatic rings. The summed E-state index contributed by atoms with van der Waals surface area (Å²) in [6.07, 6.45) is -0.333. The first-order valence-electron chi connectivity index (χ1n) is 22.6. The van der Waals surface area contributed by atoms with Crippen LogP contribution in [0.3, 0.4) is 0 Å². The first-order chi connectivity index (χ1) is 30.9. The number of nitrogens with zero attached hydrogens (tertiary/aromatic N) is 4. The molecular formula is C49H62F2N6O8. The molecule has 3 N–H and O–H groups in total. The number of nitrogens with one attached hydrogen (secondary N) is 2. The third-order valence-corrected chi connectivity index (χ3v) is 13.1. The number of carbonyl (C=O) groups is 4. The first kappa shape index (κ1) is 47.5. The van der Waals surface area contributed by atoms with Crippen molar-refractivity contribution in [1.82, 2.24) is 30.2 Å². The number of halogens is 2. The first-order valence-corrected chi connectivity index (χ1v) is 22.6. The largest absolute Gasteiger partial charge is 0.508 e. The predicted molar refractivity (Wildman–Crippen MR) is 241 cm³/mol. The number of esters is 1. The van der Waals surface area contributed by atoms with Crippen LogP contribution in [0.4, 0.5) is 8.78 Å². The van der Waals surface area contributed by atoms with Gasteiger partial charge in [0.05, 0.1) is 24.1 Å². The van der Waals surface area contributed by atoms with Crippen LogP contribution in [0.15, 0.2) is 54.7 Å². The van der Waals surface area contributed by atoms with Gasteiger partial charge in [-0.05, 0) is 111 Å². The molecule has 5 atom stereocenters. The Balaban J connectivity index is 1.34. The Hall–Kier alpha value is -5.45. The molecule has 350 valence electrons. The van der Waals surface area contributed by atoms with Gasteiger partial charge < -0.3 is 34.1 Å². The quantitative estimate of drug-likeness (QED) is 0.145. The molecule has 0 aliphatic carbocycles. The second kappa shape index (κ2) is 19.2. The number of phenolic OH excluding ortho intramolecular Hbond substituents is 1. The molecule has 6 bridgehead atoms. The Labute approximate surface area is 378 Å². The van der Waals surface area contributed by atoms with E-state index in [4.69, 9.17) is 19.2 Å². The number of phenols is 1. The van der Waals surface area contributed by atoms with Crippen LogP contribution >= 0.6 is 0 Å². The van der Waals surface area contributed by atoms with Gasteiger partial charge in [0.25, 0.3) is 18.2 Å². The lowest BCUT2D eigenvalue weighted by Gasteiger charge is -2.38. The van der Waals surface area contributed by atoms with Crippen LogP contribution in [0.1, 0.15) is 90.2 Å². The number of likely N-dealkylation sites (N-methyl/N-ethyl adjacent to an activating group) is 1. The minimum atomic E-state index is -3.12. The van der Waals surface area contributed by atoms with Crippen LogP contribution < -0.4 is 10.7 Å². The van der Waals surface area contributed by atoms with E-state index in [9.17, 15) is 33.1 Å². The third kappa shape index (κ3) is 9.48. The number of hydrazine groups is 1. The van der Waals surface area contributed by atoms with Gasteiger partial charge in [0.15, 0.2) is 0 Å². The summed E-state index contributed by atoms with van der Waals surface area (Å²) in [5.41, 5.74) is 6.76. The minimum Gasteiger partial charge on any atom is -0.508 e. The summed E-state index contributed by atoms with van der Waals surface area (Å²) >= 11 is 0. The van der Waals surface area contributed by atoms with E-state index in [0.29, 0.717) is 36.9 Å². The molecule has 0 radical (unpaired) electrons. The maximum atomic E-state index is 14.6. The second-order valence-electron chi connectivity index (χ2n) is 18.8. The average molecular weight is 901 g/mol. The SMILES string of the molecule is CCn1c(-c2cccnc2[C@H](C)OC)c2c3cc(ccc31)-c1cc(O)cc(c1)C[C@H](NC(=O)C(C(C)C)N(C)C(=O)C1(C(F)F)CCCO1)C(=O)N1CCC[C@H](N1)C(=O)OCC(C)(C)C2. The smallest absolute Gasteiger partial charge is 0.324 e. The Morgan fingerprint density at radius 3 is 2.54 bits per heavy atom. The van der Waals surface area contributed by atoms with Crippen molar-refractivity contribution in [3.05, 3.63) is 71.5 Å². The van der Waals surface area contributed by atoms with Crippen LogP contribution in [0, 0.1) is 11.3 Å². The van der Waals surface area contributed by atoms with Crippen molar-refractivity contribution >= 4 is 34.6 Å². The van der Waals surface area contributed by atoms with Crippen molar-refractivity contribution in [3.63, 3.8) is 0 Å². The monoisotopic (exact) mass is 900 g/mol. The van der Waals surface area contributed by atoms with Gasteiger partial charge in [-0.3, -0.25) is 29.2 Å². The van der Waals surface area contributed by atoms with E-state index < -0.39 is 65.2 Å². The molecule has 2 saturated heterocycles. The van der Waals surface area contributed by atoms with E-state index in [1.54, 1.807) is 33.2 Å². The predicted octanol–water partition coefficient (Wildman–Crippen LogP) is 6.75. The molecule has 3 aliphatic rings. The van der Waals surface area contributed by atoms with E-state index in [0.717, 1.165) is 43.9 Å². The van der Waals surface area contributed by atoms with Crippen molar-refractivity contribution < 1.29 is 47.3 Å². The highest BCUT2D eigenvalue weighted by molar-refractivity contribution is 5.96. The number of aromatic hydroxyl groups is 1. The van der Waals surface area contributed by atoms with Gasteiger partial charge in [0.1, 0.15) is 23.9 Å². The molecular weight excluding hydrogens is 839 g/mol. The van der Waals surface area contributed by atoms with Crippen LogP contribution in [-0.4, -0.2) is 112 Å². The number of hydrogen-bond donors (Lipinski definition) is 3. The van der Waals surface area contributed by atoms with E-state index >= 15 is 0 Å². The molecule has 2 aromatic heterocycles. The van der Waals surface area contributed by atoms with Gasteiger partial charge in [0, 0.05) is 68.4 Å². The lowest BCUT2D eigenvalue weighted by molar-refractivity contribution is -0.174. The number of pyridine rings is 1. The van der Waals surface area contributed by atoms with Crippen LogP contribution in [0.25, 0.3) is 33.3 Å². The summed E-state index contributed by atoms with van der Waals surface area (Å²) < 4.78 is 48.4. The van der Waals surface area contributed by atoms with Gasteiger partial charge in [-0.2, -0.15) is 0 Å². The summed E-state index contributed by atoms with van der Waals surface area (Å²) in [5, 5.41) is 16.4. The number of ether oxygens (including phenoxy) is 3. The molecule has 16 heteroatoms. The molecule has 3 aliphatic heterocycles. The fourth-order valence-electron chi connectivity index (χ4n) is 9.77. The molecule has 2 fully saturated rings. The summed E-state index contributed by atoms with van der Waals surface area (Å²) in [6.45, 7) is 12.4. The fourth-order valence-corrected chi connectivity index (χ4v) is 9.77. The number of carbonyl (C=O) groups excluding carboxylic acids is 4. The number of alkyl halides is 2. The van der Waals surface area contributed by atoms with Gasteiger partial charge in [0.2, 0.25) is 11.5 Å². The normalized spacial score (nSPS) is 22.4. The number of cyclic esters (lactones) is 1. The summed E-state index contributed by atoms with van der Waals surface area (Å²) in [4.78, 5) is 62.5. The molecule has 5 heterocycles. The number of aryl methyl sites for hydroxylation is 1. The van der Waals surface area contributed by atoms with Crippen molar-refractivity contribution in [2.45, 2.75) is 123 Å². The lowest BCUT2D eigenvalue weighted by atomic mass is 9.84. The minimum absolute atomic E-state index is 0.0118. The lowest BCUT2D eigenvalue weighted by Crippen LogP contribution is -2.63. The standard InChI is InChI=1S/C49H62F2N6O8/c1-9-56-39-16-15-31-25-35(39)36(42(56)34-13-10-18-52-40(34)29(4)63-8)26-48(5,6)27-64-45(61)37-14-11-19-57(54-37)44(60)38(23-30-21-32(31)24-33(58)22-30)53-43(59)41(28(2)3)55(7)47(62)49(46(50)51)17-12-20-65-49/h10,13,15-16,18,21-22,24-25,28-29,37-38,41,46,54,58H,9,11-12,14,17,19-20,23,26-27H2,1-8H3,(H,53,59)/t29-,37-,38-,41?,49?/m0/s1. The number of amides is 3. The fraction of sp³-hybridized carbons (Fsp3) is 0.531. The van der Waals surface area contributed by atoms with E-state index in [2.05, 4.69) is 40.4 Å². The number of aromatic nitrogens is 2. The highest BCUT2D eigenvalue weighted by Gasteiger charge is 2.54. The Morgan fingerprint density at radius 1 is 1.09 bits per heavy atom. The molecule has 14 nitrogen and oxygen atoms in total. The van der Waals surface area contributed by atoms with E-state index in [-0.39, 0.29) is 50.9 Å². The molecule has 7 rings (SSSR count). The molecule has 2 aromatic carbocycles. The maximum Gasteiger partial charge on any atom is 0.324 e. The Bertz CT molecular complexity index is 2430. The average Bonchev–Trinajstić information content (AvgIpc) is 3.90. The summed E-state index contributed by atoms with van der Waals surface area (Å²) in [6, 6.07) is 11.7. The number of rotatable bonds is 10. The summed E-state index contributed by atoms with van der Waals surface area (Å²) in [5.74, 6) is -3.47. The highest BCUT2D eigenvalue weighted by Crippen LogP contribution is 2.42. The van der Waals surface area contributed by atoms with Gasteiger partial charge in [-0.15, -0.1) is 0 Å². The zero-order chi connectivity index (χ0) is 47.0. The van der Waals surface area contributed by atoms with E-state index in [1.165, 1.54) is 18.1 Å². The van der Waals surface area contributed by atoms with Crippen LogP contribution in [-0.2, 0) is 52.8 Å². The van der Waals surface area contributed by atoms with E-state index in [1.807, 2.05) is 39.0 Å². The number of benzene rings is 2. The third-order valence-electron chi connectivity index (χ3n) is 13.1.